The molecule has 2 amide bonds. The molecule has 0 unspecified atom stereocenters. The van der Waals surface area contributed by atoms with E-state index in [9.17, 15) is 29.4 Å². The maximum absolute atomic E-state index is 12.8. The first-order valence-electron chi connectivity index (χ1n) is 8.28. The third-order valence-electron chi connectivity index (χ3n) is 4.43. The average Bonchev–Trinajstić information content (AvgIpc) is 3.15. The monoisotopic (exact) mass is 426 g/mol. The van der Waals surface area contributed by atoms with Crippen molar-refractivity contribution in [2.45, 2.75) is 24.3 Å². The first-order valence-corrected chi connectivity index (χ1v) is 10.2. The predicted molar refractivity (Wildman–Crippen MR) is 100 cm³/mol. The zero-order chi connectivity index (χ0) is 20.5. The highest BCUT2D eigenvalue weighted by Crippen LogP contribution is 2.46. The highest BCUT2D eigenvalue weighted by atomic mass is 32.2. The van der Waals surface area contributed by atoms with Crippen LogP contribution in [-0.2, 0) is 30.3 Å². The molecule has 1 aromatic heterocycles. The number of aliphatic hydroxyl groups excluding tert-OH is 1. The summed E-state index contributed by atoms with van der Waals surface area (Å²) in [6, 6.07) is 3.59. The Morgan fingerprint density at radius 3 is 2.75 bits per heavy atom. The van der Waals surface area contributed by atoms with Crippen molar-refractivity contribution < 1.29 is 34.1 Å². The summed E-state index contributed by atoms with van der Waals surface area (Å²) in [5.74, 6) is -2.85. The second kappa shape index (κ2) is 7.94. The summed E-state index contributed by atoms with van der Waals surface area (Å²) in [6.07, 6.45) is 0.0589. The van der Waals surface area contributed by atoms with Gasteiger partial charge in [-0.1, -0.05) is 6.07 Å². The van der Waals surface area contributed by atoms with Gasteiger partial charge in [-0.3, -0.25) is 19.3 Å². The first kappa shape index (κ1) is 20.4. The largest absolute Gasteiger partial charge is 0.477 e. The minimum atomic E-state index is -1.58. The van der Waals surface area contributed by atoms with Crippen LogP contribution in [0.1, 0.15) is 11.8 Å². The SMILES string of the molecule is CC(=O)OCC1=C(C(=O)O)N2C(=O)[C@@](CO)(NC(=O)Cc3cccs3)[C@H]2SC1. The van der Waals surface area contributed by atoms with Crippen LogP contribution < -0.4 is 5.32 Å². The zero-order valence-corrected chi connectivity index (χ0v) is 16.5. The molecule has 0 radical (unpaired) electrons. The quantitative estimate of drug-likeness (QED) is 0.408. The highest BCUT2D eigenvalue weighted by molar-refractivity contribution is 8.00. The molecule has 1 saturated heterocycles. The molecule has 0 aromatic carbocycles. The van der Waals surface area contributed by atoms with E-state index in [-0.39, 0.29) is 30.1 Å². The highest BCUT2D eigenvalue weighted by Gasteiger charge is 2.65. The number of thiophene rings is 1. The Morgan fingerprint density at radius 2 is 2.18 bits per heavy atom. The summed E-state index contributed by atoms with van der Waals surface area (Å²) < 4.78 is 4.88. The van der Waals surface area contributed by atoms with E-state index in [0.29, 0.717) is 0 Å². The van der Waals surface area contributed by atoms with E-state index in [0.717, 1.165) is 9.78 Å². The van der Waals surface area contributed by atoms with Gasteiger partial charge in [0.25, 0.3) is 5.91 Å². The number of nitrogens with one attached hydrogen (secondary N) is 1. The second-order valence-electron chi connectivity index (χ2n) is 6.31. The third-order valence-corrected chi connectivity index (χ3v) is 6.75. The van der Waals surface area contributed by atoms with E-state index < -0.39 is 41.3 Å². The van der Waals surface area contributed by atoms with Gasteiger partial charge in [0.15, 0.2) is 5.54 Å². The lowest BCUT2D eigenvalue weighted by Gasteiger charge is -2.56. The summed E-state index contributed by atoms with van der Waals surface area (Å²) in [6.45, 7) is 0.314. The molecular formula is C17H18N2O7S2. The summed E-state index contributed by atoms with van der Waals surface area (Å²) in [7, 11) is 0. The maximum atomic E-state index is 12.8. The van der Waals surface area contributed by atoms with E-state index in [1.165, 1.54) is 30.0 Å². The van der Waals surface area contributed by atoms with Crippen molar-refractivity contribution in [3.63, 3.8) is 0 Å². The molecule has 11 heteroatoms. The van der Waals surface area contributed by atoms with Gasteiger partial charge in [-0.05, 0) is 11.4 Å². The number of fused-ring (bicyclic) bond motifs is 1. The molecule has 3 heterocycles. The zero-order valence-electron chi connectivity index (χ0n) is 14.8. The molecule has 0 bridgehead atoms. The molecule has 2 atom stereocenters. The van der Waals surface area contributed by atoms with Crippen molar-refractivity contribution >= 4 is 46.9 Å². The fourth-order valence-electron chi connectivity index (χ4n) is 3.15. The van der Waals surface area contributed by atoms with Crippen LogP contribution in [0, 0.1) is 0 Å². The summed E-state index contributed by atoms with van der Waals surface area (Å²) in [4.78, 5) is 49.8. The molecule has 2 aliphatic heterocycles. The Morgan fingerprint density at radius 1 is 1.43 bits per heavy atom. The number of amides is 2. The number of carboxylic acids is 1. The van der Waals surface area contributed by atoms with Gasteiger partial charge in [0.2, 0.25) is 5.91 Å². The Bertz CT molecular complexity index is 852. The molecule has 3 rings (SSSR count). The molecule has 150 valence electrons. The van der Waals surface area contributed by atoms with Crippen molar-refractivity contribution in [3.8, 4) is 0 Å². The minimum absolute atomic E-state index is 0.0589. The minimum Gasteiger partial charge on any atom is -0.477 e. The van der Waals surface area contributed by atoms with E-state index in [1.54, 1.807) is 12.1 Å². The normalized spacial score (nSPS) is 23.7. The van der Waals surface area contributed by atoms with E-state index >= 15 is 0 Å². The van der Waals surface area contributed by atoms with Crippen LogP contribution in [0.2, 0.25) is 0 Å². The number of carboxylic acid groups (broad SMARTS) is 1. The number of aliphatic hydroxyl groups is 1. The molecule has 1 fully saturated rings. The van der Waals surface area contributed by atoms with Crippen molar-refractivity contribution in [2.24, 2.45) is 0 Å². The number of aliphatic carboxylic acids is 1. The smallest absolute Gasteiger partial charge is 0.352 e. The predicted octanol–water partition coefficient (Wildman–Crippen LogP) is -0.0452. The molecule has 0 aliphatic carbocycles. The fraction of sp³-hybridized carbons (Fsp3) is 0.412. The molecule has 2 aliphatic rings. The Labute approximate surface area is 168 Å². The number of hydrogen-bond donors (Lipinski definition) is 3. The molecular weight excluding hydrogens is 408 g/mol. The van der Waals surface area contributed by atoms with Gasteiger partial charge in [0.1, 0.15) is 17.7 Å². The van der Waals surface area contributed by atoms with Gasteiger partial charge in [-0.15, -0.1) is 23.1 Å². The lowest BCUT2D eigenvalue weighted by molar-refractivity contribution is -0.162. The number of nitrogens with zero attached hydrogens (tertiary/aromatic N) is 1. The van der Waals surface area contributed by atoms with Crippen LogP contribution in [0.4, 0.5) is 0 Å². The van der Waals surface area contributed by atoms with Gasteiger partial charge in [0.05, 0.1) is 13.0 Å². The molecule has 1 aromatic rings. The molecule has 3 N–H and O–H groups in total. The molecule has 9 nitrogen and oxygen atoms in total. The number of β-lactam (4-membered cyclic amide) rings is 1. The van der Waals surface area contributed by atoms with Gasteiger partial charge < -0.3 is 20.3 Å². The number of carbonyl (C=O) groups excluding carboxylic acids is 3. The number of thioether (sulfide) groups is 1. The number of esters is 1. The third kappa shape index (κ3) is 3.52. The van der Waals surface area contributed by atoms with Gasteiger partial charge in [0, 0.05) is 23.1 Å². The van der Waals surface area contributed by atoms with E-state index in [2.05, 4.69) is 5.32 Å². The number of rotatable bonds is 7. The summed E-state index contributed by atoms with van der Waals surface area (Å²) in [5.41, 5.74) is -1.56. The number of carbonyl (C=O) groups is 4. The number of hydrogen-bond acceptors (Lipinski definition) is 8. The van der Waals surface area contributed by atoms with Gasteiger partial charge >= 0.3 is 11.9 Å². The Kier molecular flexibility index (Phi) is 5.77. The molecule has 28 heavy (non-hydrogen) atoms. The maximum Gasteiger partial charge on any atom is 0.352 e. The van der Waals surface area contributed by atoms with E-state index in [1.807, 2.05) is 5.38 Å². The van der Waals surface area contributed by atoms with Crippen LogP contribution in [0.3, 0.4) is 0 Å². The lowest BCUT2D eigenvalue weighted by atomic mass is 9.86. The summed E-state index contributed by atoms with van der Waals surface area (Å²) in [5, 5.41) is 23.1. The van der Waals surface area contributed by atoms with Crippen molar-refractivity contribution in [2.75, 3.05) is 19.0 Å². The second-order valence-corrected chi connectivity index (χ2v) is 8.41. The van der Waals surface area contributed by atoms with Crippen LogP contribution in [0.15, 0.2) is 28.8 Å². The average molecular weight is 426 g/mol. The number of ether oxygens (including phenoxy) is 1. The van der Waals surface area contributed by atoms with Crippen LogP contribution in [-0.4, -0.2) is 68.7 Å². The molecule has 0 saturated carbocycles. The van der Waals surface area contributed by atoms with Crippen LogP contribution >= 0.6 is 23.1 Å². The van der Waals surface area contributed by atoms with E-state index in [4.69, 9.17) is 4.74 Å². The lowest BCUT2D eigenvalue weighted by Crippen LogP contribution is -2.81. The topological polar surface area (TPSA) is 133 Å². The van der Waals surface area contributed by atoms with Gasteiger partial charge in [-0.25, -0.2) is 4.79 Å². The van der Waals surface area contributed by atoms with Crippen LogP contribution in [0.25, 0.3) is 0 Å². The van der Waals surface area contributed by atoms with Crippen molar-refractivity contribution in [1.82, 2.24) is 10.2 Å². The Balaban J connectivity index is 1.81. The standard InChI is InChI=1S/C17H18N2O7S2/c1-9(21)26-6-10-7-28-16-17(8-20,15(25)19(16)13(10)14(23)24)18-12(22)5-11-3-2-4-27-11/h2-4,16,20H,5-8H2,1H3,(H,18,22)(H,23,24)/t16-,17-/m1/s1. The van der Waals surface area contributed by atoms with Crippen molar-refractivity contribution in [3.05, 3.63) is 33.7 Å². The van der Waals surface area contributed by atoms with Gasteiger partial charge in [-0.2, -0.15) is 0 Å². The Hall–Kier alpha value is -2.37. The fourth-order valence-corrected chi connectivity index (χ4v) is 5.30. The molecule has 0 spiro atoms. The van der Waals surface area contributed by atoms with Crippen molar-refractivity contribution in [1.29, 1.82) is 0 Å². The summed E-state index contributed by atoms with van der Waals surface area (Å²) >= 11 is 2.60. The first-order chi connectivity index (χ1) is 13.3. The van der Waals surface area contributed by atoms with Crippen LogP contribution in [0.5, 0.6) is 0 Å².